The molecule has 0 unspecified atom stereocenters. The van der Waals surface area contributed by atoms with Gasteiger partial charge in [0, 0.05) is 17.4 Å². The van der Waals surface area contributed by atoms with Gasteiger partial charge in [-0.25, -0.2) is 13.2 Å². The Bertz CT molecular complexity index is 1640. The van der Waals surface area contributed by atoms with Crippen LogP contribution in [0.15, 0.2) is 83.4 Å². The van der Waals surface area contributed by atoms with Crippen molar-refractivity contribution in [2.24, 2.45) is 0 Å². The highest BCUT2D eigenvalue weighted by molar-refractivity contribution is 7.92. The predicted molar refractivity (Wildman–Crippen MR) is 153 cm³/mol. The van der Waals surface area contributed by atoms with Crippen molar-refractivity contribution >= 4 is 44.7 Å². The lowest BCUT2D eigenvalue weighted by atomic mass is 10.0. The van der Waals surface area contributed by atoms with Crippen molar-refractivity contribution < 1.29 is 22.4 Å². The molecule has 0 amide bonds. The van der Waals surface area contributed by atoms with Crippen LogP contribution < -0.4 is 14.9 Å². The lowest BCUT2D eigenvalue weighted by molar-refractivity contribution is 0.0600. The summed E-state index contributed by atoms with van der Waals surface area (Å²) in [6, 6.07) is 21.2. The largest absolute Gasteiger partial charge is 0.465 e. The molecule has 2 N–H and O–H groups in total. The minimum Gasteiger partial charge on any atom is -0.465 e. The van der Waals surface area contributed by atoms with Crippen LogP contribution in [-0.4, -0.2) is 37.8 Å². The zero-order chi connectivity index (χ0) is 27.7. The fourth-order valence-electron chi connectivity index (χ4n) is 4.59. The fraction of sp³-hybridized carbons (Fsp3) is 0.179. The summed E-state index contributed by atoms with van der Waals surface area (Å²) in [6.07, 6.45) is 2.84. The number of nitrogens with zero attached hydrogens (tertiary/aromatic N) is 2. The van der Waals surface area contributed by atoms with Crippen LogP contribution in [0.2, 0.25) is 0 Å². The first-order chi connectivity index (χ1) is 18.6. The molecule has 1 aliphatic rings. The summed E-state index contributed by atoms with van der Waals surface area (Å²) in [5.74, 6) is 0.873. The Kier molecular flexibility index (Phi) is 7.11. The smallest absolute Gasteiger partial charge is 0.337 e. The molecule has 200 valence electrons. The van der Waals surface area contributed by atoms with Gasteiger partial charge in [0.25, 0.3) is 0 Å². The van der Waals surface area contributed by atoms with Crippen molar-refractivity contribution in [3.63, 3.8) is 0 Å². The number of aromatic nitrogens is 1. The summed E-state index contributed by atoms with van der Waals surface area (Å²) in [5.41, 5.74) is 4.05. The van der Waals surface area contributed by atoms with Crippen molar-refractivity contribution in [1.29, 1.82) is 0 Å². The summed E-state index contributed by atoms with van der Waals surface area (Å²) in [5, 5.41) is 3.87. The van der Waals surface area contributed by atoms with E-state index in [0.29, 0.717) is 27.9 Å². The molecule has 2 atom stereocenters. The second-order valence-electron chi connectivity index (χ2n) is 9.14. The number of aryl methyl sites for hydroxylation is 1. The molecule has 0 bridgehead atoms. The quantitative estimate of drug-likeness (QED) is 0.238. The monoisotopic (exact) mass is 562 g/mol. The van der Waals surface area contributed by atoms with E-state index in [9.17, 15) is 13.2 Å². The first-order valence-electron chi connectivity index (χ1n) is 12.0. The highest BCUT2D eigenvalue weighted by Crippen LogP contribution is 2.43. The molecule has 0 aliphatic carbocycles. The number of thiocarbonyl (C=S) groups is 1. The van der Waals surface area contributed by atoms with E-state index in [-0.39, 0.29) is 12.1 Å². The molecule has 9 nitrogen and oxygen atoms in total. The summed E-state index contributed by atoms with van der Waals surface area (Å²) < 4.78 is 37.2. The number of carbonyl (C=O) groups is 1. The summed E-state index contributed by atoms with van der Waals surface area (Å²) >= 11 is 5.78. The Morgan fingerprint density at radius 2 is 1.87 bits per heavy atom. The van der Waals surface area contributed by atoms with Gasteiger partial charge in [-0.15, -0.1) is 0 Å². The van der Waals surface area contributed by atoms with Crippen LogP contribution in [-0.2, 0) is 14.8 Å². The highest BCUT2D eigenvalue weighted by atomic mass is 32.2. The van der Waals surface area contributed by atoms with E-state index >= 15 is 0 Å². The van der Waals surface area contributed by atoms with Gasteiger partial charge in [-0.1, -0.05) is 18.2 Å². The Balaban J connectivity index is 1.54. The van der Waals surface area contributed by atoms with E-state index in [1.807, 2.05) is 54.3 Å². The zero-order valence-electron chi connectivity index (χ0n) is 21.4. The third kappa shape index (κ3) is 5.50. The molecule has 2 aromatic heterocycles. The molecule has 2 aromatic carbocycles. The van der Waals surface area contributed by atoms with Crippen LogP contribution in [0.25, 0.3) is 11.3 Å². The van der Waals surface area contributed by atoms with Crippen LogP contribution in [0, 0.1) is 6.92 Å². The van der Waals surface area contributed by atoms with Crippen molar-refractivity contribution in [3.8, 4) is 11.3 Å². The van der Waals surface area contributed by atoms with Gasteiger partial charge < -0.3 is 19.4 Å². The first-order valence-corrected chi connectivity index (χ1v) is 14.3. The molecule has 39 heavy (non-hydrogen) atoms. The molecule has 3 heterocycles. The van der Waals surface area contributed by atoms with Crippen molar-refractivity contribution in [3.05, 3.63) is 102 Å². The Morgan fingerprint density at radius 3 is 2.51 bits per heavy atom. The lowest BCUT2D eigenvalue weighted by Crippen LogP contribution is -2.29. The molecule has 11 heteroatoms. The van der Waals surface area contributed by atoms with E-state index in [1.54, 1.807) is 36.5 Å². The van der Waals surface area contributed by atoms with Gasteiger partial charge in [-0.3, -0.25) is 9.71 Å². The van der Waals surface area contributed by atoms with Crippen LogP contribution >= 0.6 is 12.2 Å². The summed E-state index contributed by atoms with van der Waals surface area (Å²) in [6.45, 7) is 1.83. The number of furan rings is 1. The molecule has 4 aromatic rings. The number of ether oxygens (including phenoxy) is 1. The average molecular weight is 563 g/mol. The maximum atomic E-state index is 11.8. The first kappa shape index (κ1) is 26.4. The Morgan fingerprint density at radius 1 is 1.10 bits per heavy atom. The normalized spacial score (nSPS) is 17.1. The molecule has 5 rings (SSSR count). The van der Waals surface area contributed by atoms with Crippen LogP contribution in [0.3, 0.4) is 0 Å². The van der Waals surface area contributed by atoms with Gasteiger partial charge in [-0.05, 0) is 79.3 Å². The van der Waals surface area contributed by atoms with Gasteiger partial charge in [0.2, 0.25) is 10.0 Å². The predicted octanol–water partition coefficient (Wildman–Crippen LogP) is 4.99. The van der Waals surface area contributed by atoms with E-state index in [4.69, 9.17) is 21.4 Å². The molecular weight excluding hydrogens is 536 g/mol. The van der Waals surface area contributed by atoms with Crippen molar-refractivity contribution in [2.45, 2.75) is 19.0 Å². The van der Waals surface area contributed by atoms with Gasteiger partial charge in [0.1, 0.15) is 17.6 Å². The van der Waals surface area contributed by atoms with Gasteiger partial charge in [-0.2, -0.15) is 0 Å². The van der Waals surface area contributed by atoms with E-state index < -0.39 is 16.0 Å². The molecule has 0 saturated carbocycles. The zero-order valence-corrected chi connectivity index (χ0v) is 23.0. The third-order valence-corrected chi connectivity index (χ3v) is 7.30. The topological polar surface area (TPSA) is 114 Å². The van der Waals surface area contributed by atoms with Crippen molar-refractivity contribution in [1.82, 2.24) is 10.3 Å². The summed E-state index contributed by atoms with van der Waals surface area (Å²) in [7, 11) is -2.08. The number of nitrogens with one attached hydrogen (secondary N) is 2. The summed E-state index contributed by atoms with van der Waals surface area (Å²) in [4.78, 5) is 18.3. The number of methoxy groups -OCH3 is 1. The minimum absolute atomic E-state index is 0.312. The number of sulfonamides is 1. The van der Waals surface area contributed by atoms with E-state index in [0.717, 1.165) is 28.8 Å². The number of esters is 1. The maximum absolute atomic E-state index is 11.8. The molecule has 1 fully saturated rings. The Hall–Kier alpha value is -4.22. The average Bonchev–Trinajstić information content (AvgIpc) is 3.54. The number of hydrogen-bond donors (Lipinski definition) is 2. The fourth-order valence-corrected chi connectivity index (χ4v) is 5.56. The number of benzene rings is 2. The number of pyridine rings is 1. The number of rotatable bonds is 7. The number of anilines is 2. The molecule has 0 spiro atoms. The standard InChI is InChI=1S/C28H26N4O5S2/c1-17-16-20(11-12-21(17)31-39(3,34)35)32-26(25(30-28(32)38)22-6-4-5-15-29-22)24-14-13-23(37-24)18-7-9-19(10-8-18)27(33)36-2/h4-16,25-26,31H,1-3H3,(H,30,38)/t25-,26+/m1/s1. The highest BCUT2D eigenvalue weighted by Gasteiger charge is 2.42. The molecule has 1 saturated heterocycles. The van der Waals surface area contributed by atoms with Gasteiger partial charge in [0.15, 0.2) is 5.11 Å². The number of hydrogen-bond acceptors (Lipinski definition) is 7. The van der Waals surface area contributed by atoms with Crippen LogP contribution in [0.1, 0.15) is 39.5 Å². The SMILES string of the molecule is COC(=O)c1ccc(-c2ccc([C@H]3[C@@H](c4ccccn4)NC(=S)N3c3ccc(NS(C)(=O)=O)c(C)c3)o2)cc1. The lowest BCUT2D eigenvalue weighted by Gasteiger charge is -2.26. The molecule has 1 aliphatic heterocycles. The third-order valence-electron chi connectivity index (χ3n) is 6.39. The molecule has 0 radical (unpaired) electrons. The van der Waals surface area contributed by atoms with Crippen LogP contribution in [0.5, 0.6) is 0 Å². The van der Waals surface area contributed by atoms with E-state index in [1.165, 1.54) is 7.11 Å². The second kappa shape index (κ2) is 10.5. The van der Waals surface area contributed by atoms with Gasteiger partial charge >= 0.3 is 5.97 Å². The molecular formula is C28H26N4O5S2. The van der Waals surface area contributed by atoms with Crippen molar-refractivity contribution in [2.75, 3.05) is 23.0 Å². The minimum atomic E-state index is -3.42. The maximum Gasteiger partial charge on any atom is 0.337 e. The van der Waals surface area contributed by atoms with E-state index in [2.05, 4.69) is 15.0 Å². The second-order valence-corrected chi connectivity index (χ2v) is 11.3. The van der Waals surface area contributed by atoms with Crippen LogP contribution in [0.4, 0.5) is 11.4 Å². The van der Waals surface area contributed by atoms with Gasteiger partial charge in [0.05, 0.1) is 36.4 Å². The number of carbonyl (C=O) groups excluding carboxylic acids is 1. The Labute approximate surface area is 231 Å².